The number of hydrogen-bond donors (Lipinski definition) is 1. The normalized spacial score (nSPS) is 12.8. The van der Waals surface area contributed by atoms with Crippen LogP contribution in [-0.2, 0) is 0 Å². The van der Waals surface area contributed by atoms with Gasteiger partial charge in [0.15, 0.2) is 8.07 Å². The Morgan fingerprint density at radius 3 is 1.09 bits per heavy atom. The maximum absolute atomic E-state index is 6.63. The Labute approximate surface area is 133 Å². The van der Waals surface area contributed by atoms with Crippen LogP contribution in [0.15, 0.2) is 91.0 Å². The zero-order valence-electron chi connectivity index (χ0n) is 12.8. The van der Waals surface area contributed by atoms with Crippen molar-refractivity contribution in [1.82, 2.24) is 0 Å². The van der Waals surface area contributed by atoms with Gasteiger partial charge in [0.05, 0.1) is 0 Å². The Kier molecular flexibility index (Phi) is 4.23. The van der Waals surface area contributed by atoms with Crippen LogP contribution < -0.4 is 21.3 Å². The third kappa shape index (κ3) is 2.41. The quantitative estimate of drug-likeness (QED) is 0.579. The molecule has 0 aromatic heterocycles. The second-order valence-corrected chi connectivity index (χ2v) is 9.95. The van der Waals surface area contributed by atoms with E-state index in [2.05, 4.69) is 97.9 Å². The monoisotopic (exact) mass is 303 g/mol. The van der Waals surface area contributed by atoms with Gasteiger partial charge in [-0.05, 0) is 15.6 Å². The van der Waals surface area contributed by atoms with E-state index in [1.54, 1.807) is 0 Å². The molecule has 0 aliphatic rings. The van der Waals surface area contributed by atoms with Crippen molar-refractivity contribution >= 4 is 23.6 Å². The Morgan fingerprint density at radius 1 is 0.591 bits per heavy atom. The molecule has 0 saturated carbocycles. The van der Waals surface area contributed by atoms with Crippen LogP contribution in [-0.4, -0.2) is 13.7 Å². The van der Waals surface area contributed by atoms with Crippen molar-refractivity contribution in [2.75, 3.05) is 0 Å². The molecule has 3 aromatic carbocycles. The summed E-state index contributed by atoms with van der Waals surface area (Å²) < 4.78 is 0. The molecule has 0 radical (unpaired) electrons. The summed E-state index contributed by atoms with van der Waals surface area (Å²) >= 11 is 0. The van der Waals surface area contributed by atoms with E-state index in [1.165, 1.54) is 15.6 Å². The lowest BCUT2D eigenvalue weighted by molar-refractivity contribution is 0.995. The van der Waals surface area contributed by atoms with E-state index in [4.69, 9.17) is 5.73 Å². The van der Waals surface area contributed by atoms with Crippen molar-refractivity contribution in [2.45, 2.75) is 12.6 Å². The van der Waals surface area contributed by atoms with Crippen molar-refractivity contribution in [3.8, 4) is 0 Å². The average Bonchev–Trinajstić information content (AvgIpc) is 2.58. The van der Waals surface area contributed by atoms with Crippen LogP contribution in [0.2, 0.25) is 0 Å². The van der Waals surface area contributed by atoms with Crippen LogP contribution in [0, 0.1) is 0 Å². The smallest absolute Gasteiger partial charge is 0.164 e. The molecule has 2 N–H and O–H groups in total. The Morgan fingerprint density at radius 2 is 0.864 bits per heavy atom. The van der Waals surface area contributed by atoms with Gasteiger partial charge in [0.1, 0.15) is 0 Å². The van der Waals surface area contributed by atoms with Crippen LogP contribution in [0.5, 0.6) is 0 Å². The zero-order valence-corrected chi connectivity index (χ0v) is 13.8. The van der Waals surface area contributed by atoms with Crippen molar-refractivity contribution in [2.24, 2.45) is 5.73 Å². The van der Waals surface area contributed by atoms with E-state index < -0.39 is 8.07 Å². The highest BCUT2D eigenvalue weighted by atomic mass is 28.3. The van der Waals surface area contributed by atoms with E-state index in [0.717, 1.165) is 0 Å². The van der Waals surface area contributed by atoms with Gasteiger partial charge in [-0.1, -0.05) is 97.9 Å². The maximum atomic E-state index is 6.63. The van der Waals surface area contributed by atoms with Gasteiger partial charge in [0.2, 0.25) is 0 Å². The van der Waals surface area contributed by atoms with Gasteiger partial charge in [-0.15, -0.1) is 0 Å². The first-order chi connectivity index (χ1) is 10.8. The van der Waals surface area contributed by atoms with Gasteiger partial charge in [-0.3, -0.25) is 0 Å². The molecule has 0 fully saturated rings. The zero-order chi connectivity index (χ0) is 15.4. The fourth-order valence-electron chi connectivity index (χ4n) is 3.39. The van der Waals surface area contributed by atoms with Gasteiger partial charge in [0.25, 0.3) is 0 Å². The summed E-state index contributed by atoms with van der Waals surface area (Å²) in [7, 11) is -2.22. The van der Waals surface area contributed by atoms with Crippen molar-refractivity contribution in [1.29, 1.82) is 0 Å². The number of nitrogens with two attached hydrogens (primary N) is 1. The van der Waals surface area contributed by atoms with Crippen LogP contribution in [0.25, 0.3) is 0 Å². The first kappa shape index (κ1) is 14.8. The van der Waals surface area contributed by atoms with Gasteiger partial charge in [-0.25, -0.2) is 0 Å². The summed E-state index contributed by atoms with van der Waals surface area (Å²) in [5.41, 5.74) is 6.71. The maximum Gasteiger partial charge on any atom is 0.164 e. The van der Waals surface area contributed by atoms with E-state index in [1.807, 2.05) is 0 Å². The lowest BCUT2D eigenvalue weighted by atomic mass is 10.3. The summed E-state index contributed by atoms with van der Waals surface area (Å²) in [4.78, 5) is 0. The Balaban J connectivity index is 2.34. The van der Waals surface area contributed by atoms with Crippen molar-refractivity contribution in [3.05, 3.63) is 91.0 Å². The highest BCUT2D eigenvalue weighted by Crippen LogP contribution is 2.10. The second kappa shape index (κ2) is 6.30. The van der Waals surface area contributed by atoms with Gasteiger partial charge >= 0.3 is 0 Å². The van der Waals surface area contributed by atoms with Crippen LogP contribution in [0.3, 0.4) is 0 Å². The fourth-order valence-corrected chi connectivity index (χ4v) is 8.12. The summed E-state index contributed by atoms with van der Waals surface area (Å²) in [6, 6.07) is 32.3. The van der Waals surface area contributed by atoms with Crippen LogP contribution in [0.4, 0.5) is 0 Å². The molecular formula is C20H21NSi. The van der Waals surface area contributed by atoms with E-state index in [9.17, 15) is 0 Å². The topological polar surface area (TPSA) is 26.0 Å². The molecule has 1 nitrogen and oxygen atoms in total. The van der Waals surface area contributed by atoms with Crippen LogP contribution >= 0.6 is 0 Å². The molecule has 3 aromatic rings. The molecule has 0 spiro atoms. The summed E-state index contributed by atoms with van der Waals surface area (Å²) in [5, 5.41) is 4.09. The largest absolute Gasteiger partial charge is 0.329 e. The van der Waals surface area contributed by atoms with Gasteiger partial charge < -0.3 is 5.73 Å². The number of benzene rings is 3. The molecule has 0 unspecified atom stereocenters. The fraction of sp³-hybridized carbons (Fsp3) is 0.100. The molecule has 0 saturated heterocycles. The lowest BCUT2D eigenvalue weighted by Crippen LogP contribution is -2.75. The minimum atomic E-state index is -2.22. The molecule has 110 valence electrons. The predicted octanol–water partition coefficient (Wildman–Crippen LogP) is 2.04. The number of rotatable bonds is 4. The highest BCUT2D eigenvalue weighted by Gasteiger charge is 2.42. The minimum absolute atomic E-state index is 0.0831. The Bertz CT molecular complexity index is 612. The van der Waals surface area contributed by atoms with E-state index >= 15 is 0 Å². The molecule has 0 bridgehead atoms. The second-order valence-electron chi connectivity index (χ2n) is 5.69. The molecule has 0 amide bonds. The molecule has 0 aliphatic heterocycles. The molecular weight excluding hydrogens is 282 g/mol. The van der Waals surface area contributed by atoms with E-state index in [-0.39, 0.29) is 5.67 Å². The molecule has 0 heterocycles. The SMILES string of the molecule is C[C@@H](N)[Si](c1ccccc1)(c1ccccc1)c1ccccc1. The third-order valence-electron chi connectivity index (χ3n) is 4.37. The standard InChI is InChI=1S/C20H21NSi/c1-17(21)22(18-11-5-2-6-12-18,19-13-7-3-8-14-19)20-15-9-4-10-16-20/h2-17H,21H2,1H3/t17-/m0/s1. The first-order valence-corrected chi connectivity index (χ1v) is 9.76. The summed E-state index contributed by atoms with van der Waals surface area (Å²) in [6.07, 6.45) is 0. The predicted molar refractivity (Wildman–Crippen MR) is 97.6 cm³/mol. The number of hydrogen-bond acceptors (Lipinski definition) is 1. The summed E-state index contributed by atoms with van der Waals surface area (Å²) in [5.74, 6) is 0. The third-order valence-corrected chi connectivity index (χ3v) is 9.47. The Hall–Kier alpha value is -2.16. The highest BCUT2D eigenvalue weighted by molar-refractivity contribution is 7.12. The molecule has 2 heteroatoms. The average molecular weight is 303 g/mol. The molecule has 0 aliphatic carbocycles. The van der Waals surface area contributed by atoms with Gasteiger partial charge in [-0.2, -0.15) is 0 Å². The molecule has 1 atom stereocenters. The van der Waals surface area contributed by atoms with E-state index in [0.29, 0.717) is 0 Å². The summed E-state index contributed by atoms with van der Waals surface area (Å²) in [6.45, 7) is 2.15. The van der Waals surface area contributed by atoms with Gasteiger partial charge in [0, 0.05) is 5.67 Å². The van der Waals surface area contributed by atoms with Crippen molar-refractivity contribution in [3.63, 3.8) is 0 Å². The minimum Gasteiger partial charge on any atom is -0.329 e. The van der Waals surface area contributed by atoms with Crippen molar-refractivity contribution < 1.29 is 0 Å². The molecule has 3 rings (SSSR count). The first-order valence-electron chi connectivity index (χ1n) is 7.68. The van der Waals surface area contributed by atoms with Crippen LogP contribution in [0.1, 0.15) is 6.92 Å². The lowest BCUT2D eigenvalue weighted by Gasteiger charge is -2.37. The molecule has 22 heavy (non-hydrogen) atoms.